The molecule has 1 aromatic rings. The van der Waals surface area contributed by atoms with Crippen molar-refractivity contribution in [2.45, 2.75) is 24.8 Å². The van der Waals surface area contributed by atoms with Gasteiger partial charge in [-0.05, 0) is 26.0 Å². The number of fused-ring (bicyclic) bond motifs is 1. The summed E-state index contributed by atoms with van der Waals surface area (Å²) < 4.78 is 29.0. The van der Waals surface area contributed by atoms with Gasteiger partial charge < -0.3 is 4.74 Å². The Hall–Kier alpha value is -1.89. The zero-order valence-corrected chi connectivity index (χ0v) is 10.6. The van der Waals surface area contributed by atoms with Crippen LogP contribution in [0.4, 0.5) is 4.79 Å². The van der Waals surface area contributed by atoms with Crippen LogP contribution in [0, 0.1) is 0 Å². The van der Waals surface area contributed by atoms with E-state index in [1.54, 1.807) is 13.8 Å². The van der Waals surface area contributed by atoms with Crippen molar-refractivity contribution in [3.8, 4) is 0 Å². The van der Waals surface area contributed by atoms with E-state index in [1.165, 1.54) is 24.3 Å². The van der Waals surface area contributed by atoms with Crippen molar-refractivity contribution in [3.63, 3.8) is 0 Å². The Kier molecular flexibility index (Phi) is 2.86. The van der Waals surface area contributed by atoms with Gasteiger partial charge in [0.2, 0.25) is 0 Å². The molecule has 2 amide bonds. The number of rotatable bonds is 1. The van der Waals surface area contributed by atoms with E-state index in [0.29, 0.717) is 0 Å². The predicted octanol–water partition coefficient (Wildman–Crippen LogP) is 1.38. The molecule has 6 nitrogen and oxygen atoms in total. The number of carbonyl (C=O) groups excluding carboxylic acids is 2. The first-order valence-electron chi connectivity index (χ1n) is 5.25. The molecule has 0 saturated carbocycles. The van der Waals surface area contributed by atoms with Gasteiger partial charge in [0.15, 0.2) is 0 Å². The van der Waals surface area contributed by atoms with Crippen LogP contribution < -0.4 is 0 Å². The molecule has 2 rings (SSSR count). The van der Waals surface area contributed by atoms with Crippen LogP contribution in [0.3, 0.4) is 0 Å². The number of sulfonamides is 1. The van der Waals surface area contributed by atoms with E-state index in [4.69, 9.17) is 4.74 Å². The summed E-state index contributed by atoms with van der Waals surface area (Å²) in [6, 6.07) is 5.66. The molecule has 0 spiro atoms. The maximum Gasteiger partial charge on any atom is 0.431 e. The Morgan fingerprint density at radius 3 is 2.44 bits per heavy atom. The molecule has 0 radical (unpaired) electrons. The lowest BCUT2D eigenvalue weighted by Crippen LogP contribution is -2.37. The fraction of sp³-hybridized carbons (Fsp3) is 0.273. The molecule has 0 saturated heterocycles. The lowest BCUT2D eigenvalue weighted by Gasteiger charge is -2.14. The minimum Gasteiger partial charge on any atom is -0.446 e. The normalized spacial score (nSPS) is 16.8. The Morgan fingerprint density at radius 2 is 1.89 bits per heavy atom. The van der Waals surface area contributed by atoms with Crippen molar-refractivity contribution >= 4 is 22.0 Å². The van der Waals surface area contributed by atoms with Crippen LogP contribution in [0.2, 0.25) is 0 Å². The molecule has 96 valence electrons. The number of hydrogen-bond donors (Lipinski definition) is 0. The number of carbonyl (C=O) groups is 2. The van der Waals surface area contributed by atoms with Crippen LogP contribution in [0.1, 0.15) is 24.2 Å². The van der Waals surface area contributed by atoms with Gasteiger partial charge in [0, 0.05) is 0 Å². The van der Waals surface area contributed by atoms with Crippen LogP contribution in [-0.4, -0.2) is 30.8 Å². The number of hydrogen-bond acceptors (Lipinski definition) is 5. The highest BCUT2D eigenvalue weighted by atomic mass is 32.2. The molecule has 1 aromatic carbocycles. The van der Waals surface area contributed by atoms with Crippen molar-refractivity contribution in [2.24, 2.45) is 0 Å². The molecular formula is C11H11NO5S. The Morgan fingerprint density at radius 1 is 1.28 bits per heavy atom. The molecule has 0 unspecified atom stereocenters. The summed E-state index contributed by atoms with van der Waals surface area (Å²) in [4.78, 5) is 23.4. The van der Waals surface area contributed by atoms with Crippen molar-refractivity contribution in [1.82, 2.24) is 4.31 Å². The number of nitrogens with zero attached hydrogens (tertiary/aromatic N) is 1. The second-order valence-electron chi connectivity index (χ2n) is 4.00. The average Bonchev–Trinajstić information content (AvgIpc) is 2.47. The van der Waals surface area contributed by atoms with Gasteiger partial charge in [0.25, 0.3) is 15.9 Å². The van der Waals surface area contributed by atoms with Crippen LogP contribution in [0.25, 0.3) is 0 Å². The predicted molar refractivity (Wildman–Crippen MR) is 61.4 cm³/mol. The fourth-order valence-corrected chi connectivity index (χ4v) is 3.05. The molecule has 1 aliphatic heterocycles. The molecule has 1 aliphatic rings. The van der Waals surface area contributed by atoms with Crippen LogP contribution in [-0.2, 0) is 14.8 Å². The third-order valence-electron chi connectivity index (χ3n) is 2.32. The van der Waals surface area contributed by atoms with Crippen molar-refractivity contribution in [2.75, 3.05) is 0 Å². The van der Waals surface area contributed by atoms with Crippen molar-refractivity contribution in [3.05, 3.63) is 29.8 Å². The van der Waals surface area contributed by atoms with Crippen molar-refractivity contribution < 1.29 is 22.7 Å². The molecule has 0 aromatic heterocycles. The lowest BCUT2D eigenvalue weighted by molar-refractivity contribution is 0.0737. The second kappa shape index (κ2) is 4.09. The van der Waals surface area contributed by atoms with E-state index in [2.05, 4.69) is 0 Å². The highest BCUT2D eigenvalue weighted by Crippen LogP contribution is 2.30. The zero-order chi connectivity index (χ0) is 13.5. The number of ether oxygens (including phenoxy) is 1. The highest BCUT2D eigenvalue weighted by Gasteiger charge is 2.46. The first kappa shape index (κ1) is 12.6. The summed E-state index contributed by atoms with van der Waals surface area (Å²) in [6.45, 7) is 3.14. The quantitative estimate of drug-likeness (QED) is 0.769. The molecule has 0 bridgehead atoms. The molecular weight excluding hydrogens is 258 g/mol. The van der Waals surface area contributed by atoms with Crippen LogP contribution >= 0.6 is 0 Å². The summed E-state index contributed by atoms with van der Waals surface area (Å²) in [6.07, 6.45) is -1.68. The molecule has 1 heterocycles. The number of benzene rings is 1. The van der Waals surface area contributed by atoms with Gasteiger partial charge in [-0.2, -0.15) is 0 Å². The molecule has 0 atom stereocenters. The van der Waals surface area contributed by atoms with Crippen LogP contribution in [0.15, 0.2) is 29.2 Å². The zero-order valence-electron chi connectivity index (χ0n) is 9.78. The largest absolute Gasteiger partial charge is 0.446 e. The first-order valence-corrected chi connectivity index (χ1v) is 6.69. The minimum atomic E-state index is -4.13. The summed E-state index contributed by atoms with van der Waals surface area (Å²) >= 11 is 0. The van der Waals surface area contributed by atoms with Gasteiger partial charge in [-0.1, -0.05) is 12.1 Å². The average molecular weight is 269 g/mol. The standard InChI is InChI=1S/C11H11NO5S/c1-7(2)17-11(14)12-10(13)8-5-3-4-6-9(8)18(12,15)16/h3-7H,1-2H3. The molecule has 7 heteroatoms. The fourth-order valence-electron chi connectivity index (χ4n) is 1.62. The van der Waals surface area contributed by atoms with E-state index in [9.17, 15) is 18.0 Å². The van der Waals surface area contributed by atoms with Gasteiger partial charge in [-0.15, -0.1) is 4.31 Å². The SMILES string of the molecule is CC(C)OC(=O)N1C(=O)c2ccccc2S1(=O)=O. The monoisotopic (exact) mass is 269 g/mol. The highest BCUT2D eigenvalue weighted by molar-refractivity contribution is 7.90. The summed E-state index contributed by atoms with van der Waals surface area (Å²) in [5.41, 5.74) is -0.0155. The van der Waals surface area contributed by atoms with Gasteiger partial charge in [0.1, 0.15) is 4.90 Å². The van der Waals surface area contributed by atoms with Crippen LogP contribution in [0.5, 0.6) is 0 Å². The third-order valence-corrected chi connectivity index (χ3v) is 4.03. The van der Waals surface area contributed by atoms with Crippen molar-refractivity contribution in [1.29, 1.82) is 0 Å². The van der Waals surface area contributed by atoms with Gasteiger partial charge in [0.05, 0.1) is 11.7 Å². The van der Waals surface area contributed by atoms with E-state index in [1.807, 2.05) is 0 Å². The Bertz CT molecular complexity index is 620. The van der Waals surface area contributed by atoms with E-state index < -0.39 is 28.1 Å². The molecule has 0 N–H and O–H groups in total. The Labute approximate surface area is 104 Å². The van der Waals surface area contributed by atoms with Gasteiger partial charge in [-0.3, -0.25) is 4.79 Å². The number of amides is 2. The third kappa shape index (κ3) is 1.76. The molecule has 18 heavy (non-hydrogen) atoms. The lowest BCUT2D eigenvalue weighted by atomic mass is 10.2. The smallest absolute Gasteiger partial charge is 0.431 e. The molecule has 0 aliphatic carbocycles. The maximum absolute atomic E-state index is 12.0. The topological polar surface area (TPSA) is 80.8 Å². The van der Waals surface area contributed by atoms with E-state index >= 15 is 0 Å². The number of imide groups is 1. The summed E-state index contributed by atoms with van der Waals surface area (Å²) in [7, 11) is -4.13. The second-order valence-corrected chi connectivity index (χ2v) is 5.76. The summed E-state index contributed by atoms with van der Waals surface area (Å²) in [5.74, 6) is -0.878. The van der Waals surface area contributed by atoms with E-state index in [-0.39, 0.29) is 14.8 Å². The Balaban J connectivity index is 2.49. The minimum absolute atomic E-state index is 0.0155. The van der Waals surface area contributed by atoms with Gasteiger partial charge in [-0.25, -0.2) is 13.2 Å². The van der Waals surface area contributed by atoms with Gasteiger partial charge >= 0.3 is 6.09 Å². The maximum atomic E-state index is 12.0. The first-order chi connectivity index (χ1) is 8.35. The molecule has 0 fully saturated rings. The summed E-state index contributed by atoms with van der Waals surface area (Å²) in [5, 5.41) is 0. The van der Waals surface area contributed by atoms with E-state index in [0.717, 1.165) is 0 Å².